The molecular weight excluding hydrogens is 202 g/mol. The monoisotopic (exact) mass is 211 g/mol. The van der Waals surface area contributed by atoms with Crippen LogP contribution >= 0.6 is 11.8 Å². The SMILES string of the molecule is CSc1ncc(C(O)C(O)C#N)cn1. The predicted octanol–water partition coefficient (Wildman–Crippen LogP) is 0.116. The Balaban J connectivity index is 2.82. The molecule has 0 fully saturated rings. The average Bonchev–Trinajstić information content (AvgIpc) is 2.27. The number of nitrogens with zero attached hydrogens (tertiary/aromatic N) is 3. The molecule has 0 radical (unpaired) electrons. The van der Waals surface area contributed by atoms with Gasteiger partial charge in [0.2, 0.25) is 0 Å². The molecule has 5 nitrogen and oxygen atoms in total. The largest absolute Gasteiger partial charge is 0.384 e. The Morgan fingerprint density at radius 2 is 2.00 bits per heavy atom. The van der Waals surface area contributed by atoms with Gasteiger partial charge in [-0.1, -0.05) is 11.8 Å². The van der Waals surface area contributed by atoms with E-state index < -0.39 is 12.2 Å². The molecule has 0 spiro atoms. The van der Waals surface area contributed by atoms with Crippen molar-refractivity contribution in [1.82, 2.24) is 9.97 Å². The fraction of sp³-hybridized carbons (Fsp3) is 0.375. The second kappa shape index (κ2) is 4.91. The van der Waals surface area contributed by atoms with Gasteiger partial charge >= 0.3 is 0 Å². The molecule has 0 bridgehead atoms. The topological polar surface area (TPSA) is 90.0 Å². The predicted molar refractivity (Wildman–Crippen MR) is 50.4 cm³/mol. The van der Waals surface area contributed by atoms with E-state index in [0.717, 1.165) is 0 Å². The summed E-state index contributed by atoms with van der Waals surface area (Å²) in [5.74, 6) is 0. The molecule has 2 atom stereocenters. The van der Waals surface area contributed by atoms with Crippen molar-refractivity contribution in [1.29, 1.82) is 5.26 Å². The average molecular weight is 211 g/mol. The molecule has 1 rings (SSSR count). The molecule has 0 aliphatic carbocycles. The summed E-state index contributed by atoms with van der Waals surface area (Å²) in [7, 11) is 0. The zero-order chi connectivity index (χ0) is 10.6. The first-order chi connectivity index (χ1) is 6.69. The summed E-state index contributed by atoms with van der Waals surface area (Å²) in [6.07, 6.45) is 1.92. The van der Waals surface area contributed by atoms with Gasteiger partial charge in [-0.3, -0.25) is 0 Å². The van der Waals surface area contributed by atoms with Gasteiger partial charge in [-0.2, -0.15) is 5.26 Å². The van der Waals surface area contributed by atoms with E-state index in [0.29, 0.717) is 10.7 Å². The minimum absolute atomic E-state index is 0.330. The molecule has 0 saturated heterocycles. The summed E-state index contributed by atoms with van der Waals surface area (Å²) < 4.78 is 0. The third-order valence-electron chi connectivity index (χ3n) is 1.60. The summed E-state index contributed by atoms with van der Waals surface area (Å²) in [6.45, 7) is 0. The van der Waals surface area contributed by atoms with Crippen LogP contribution in [0.4, 0.5) is 0 Å². The third-order valence-corrected chi connectivity index (χ3v) is 2.18. The van der Waals surface area contributed by atoms with Crippen molar-refractivity contribution in [2.24, 2.45) is 0 Å². The minimum Gasteiger partial charge on any atom is -0.384 e. The van der Waals surface area contributed by atoms with Crippen LogP contribution in [0.15, 0.2) is 17.6 Å². The summed E-state index contributed by atoms with van der Waals surface area (Å²) >= 11 is 1.37. The van der Waals surface area contributed by atoms with E-state index in [9.17, 15) is 5.11 Å². The molecule has 2 N–H and O–H groups in total. The molecule has 1 heterocycles. The van der Waals surface area contributed by atoms with Gasteiger partial charge in [0.25, 0.3) is 0 Å². The molecule has 14 heavy (non-hydrogen) atoms. The Labute approximate surface area is 85.4 Å². The highest BCUT2D eigenvalue weighted by atomic mass is 32.2. The summed E-state index contributed by atoms with van der Waals surface area (Å²) in [6, 6.07) is 1.54. The lowest BCUT2D eigenvalue weighted by Gasteiger charge is -2.10. The van der Waals surface area contributed by atoms with Crippen LogP contribution < -0.4 is 0 Å². The highest BCUT2D eigenvalue weighted by Gasteiger charge is 2.18. The van der Waals surface area contributed by atoms with Gasteiger partial charge in [0.15, 0.2) is 11.3 Å². The smallest absolute Gasteiger partial charge is 0.187 e. The molecule has 1 aromatic heterocycles. The number of hydrogen-bond donors (Lipinski definition) is 2. The molecular formula is C8H9N3O2S. The number of hydrogen-bond acceptors (Lipinski definition) is 6. The van der Waals surface area contributed by atoms with Gasteiger partial charge in [-0.25, -0.2) is 9.97 Å². The Bertz CT molecular complexity index is 335. The third kappa shape index (κ3) is 2.42. The second-order valence-corrected chi connectivity index (χ2v) is 3.30. The Hall–Kier alpha value is -1.16. The van der Waals surface area contributed by atoms with Gasteiger partial charge in [0.1, 0.15) is 6.10 Å². The van der Waals surface area contributed by atoms with Gasteiger partial charge in [-0.15, -0.1) is 0 Å². The van der Waals surface area contributed by atoms with Crippen molar-refractivity contribution in [2.75, 3.05) is 6.26 Å². The summed E-state index contributed by atoms with van der Waals surface area (Å²) in [5.41, 5.74) is 0.330. The van der Waals surface area contributed by atoms with Crippen LogP contribution in [0.25, 0.3) is 0 Å². The molecule has 0 aromatic carbocycles. The summed E-state index contributed by atoms with van der Waals surface area (Å²) in [5, 5.41) is 27.4. The van der Waals surface area contributed by atoms with Crippen molar-refractivity contribution in [2.45, 2.75) is 17.4 Å². The Morgan fingerprint density at radius 3 is 2.43 bits per heavy atom. The molecule has 0 amide bonds. The maximum Gasteiger partial charge on any atom is 0.187 e. The Kier molecular flexibility index (Phi) is 3.83. The molecule has 6 heteroatoms. The van der Waals surface area contributed by atoms with Crippen LogP contribution in [0.2, 0.25) is 0 Å². The maximum absolute atomic E-state index is 9.39. The van der Waals surface area contributed by atoms with Gasteiger partial charge < -0.3 is 10.2 Å². The molecule has 2 unspecified atom stereocenters. The minimum atomic E-state index is -1.45. The number of rotatable bonds is 3. The van der Waals surface area contributed by atoms with E-state index in [1.807, 2.05) is 6.26 Å². The van der Waals surface area contributed by atoms with Crippen molar-refractivity contribution in [3.8, 4) is 6.07 Å². The number of aliphatic hydroxyl groups is 2. The number of nitriles is 1. The standard InChI is InChI=1S/C8H9N3O2S/c1-14-8-10-3-5(4-11-8)7(13)6(12)2-9/h3-4,6-7,12-13H,1H3. The van der Waals surface area contributed by atoms with Crippen LogP contribution in [-0.2, 0) is 0 Å². The first-order valence-electron chi connectivity index (χ1n) is 3.80. The quantitative estimate of drug-likeness (QED) is 0.419. The normalized spacial score (nSPS) is 14.4. The van der Waals surface area contributed by atoms with E-state index in [-0.39, 0.29) is 0 Å². The van der Waals surface area contributed by atoms with E-state index >= 15 is 0 Å². The first kappa shape index (κ1) is 10.9. The molecule has 0 saturated carbocycles. The molecule has 0 aliphatic heterocycles. The van der Waals surface area contributed by atoms with Crippen LogP contribution in [0.1, 0.15) is 11.7 Å². The fourth-order valence-corrected chi connectivity index (χ4v) is 1.15. The maximum atomic E-state index is 9.39. The van der Waals surface area contributed by atoms with Crippen molar-refractivity contribution < 1.29 is 10.2 Å². The fourth-order valence-electron chi connectivity index (χ4n) is 0.837. The zero-order valence-electron chi connectivity index (χ0n) is 7.45. The van der Waals surface area contributed by atoms with Gasteiger partial charge in [0.05, 0.1) is 6.07 Å². The number of aromatic nitrogens is 2. The van der Waals surface area contributed by atoms with E-state index in [1.165, 1.54) is 30.2 Å². The van der Waals surface area contributed by atoms with Gasteiger partial charge in [0, 0.05) is 18.0 Å². The van der Waals surface area contributed by atoms with E-state index in [1.54, 1.807) is 0 Å². The highest BCUT2D eigenvalue weighted by molar-refractivity contribution is 7.98. The molecule has 1 aromatic rings. The molecule has 0 aliphatic rings. The lowest BCUT2D eigenvalue weighted by Crippen LogP contribution is -2.16. The molecule has 74 valence electrons. The summed E-state index contributed by atoms with van der Waals surface area (Å²) in [4.78, 5) is 7.81. The van der Waals surface area contributed by atoms with E-state index in [2.05, 4.69) is 9.97 Å². The number of thioether (sulfide) groups is 1. The van der Waals surface area contributed by atoms with Crippen LogP contribution in [-0.4, -0.2) is 32.5 Å². The van der Waals surface area contributed by atoms with Crippen molar-refractivity contribution in [3.63, 3.8) is 0 Å². The lowest BCUT2D eigenvalue weighted by atomic mass is 10.1. The first-order valence-corrected chi connectivity index (χ1v) is 5.03. The van der Waals surface area contributed by atoms with Gasteiger partial charge in [-0.05, 0) is 6.26 Å². The second-order valence-electron chi connectivity index (χ2n) is 2.52. The zero-order valence-corrected chi connectivity index (χ0v) is 8.27. The highest BCUT2D eigenvalue weighted by Crippen LogP contribution is 2.16. The van der Waals surface area contributed by atoms with Crippen LogP contribution in [0.5, 0.6) is 0 Å². The van der Waals surface area contributed by atoms with Crippen LogP contribution in [0, 0.1) is 11.3 Å². The van der Waals surface area contributed by atoms with E-state index in [4.69, 9.17) is 10.4 Å². The van der Waals surface area contributed by atoms with Crippen LogP contribution in [0.3, 0.4) is 0 Å². The Morgan fingerprint density at radius 1 is 1.43 bits per heavy atom. The lowest BCUT2D eigenvalue weighted by molar-refractivity contribution is 0.0522. The van der Waals surface area contributed by atoms with Crippen molar-refractivity contribution in [3.05, 3.63) is 18.0 Å². The van der Waals surface area contributed by atoms with Crippen molar-refractivity contribution >= 4 is 11.8 Å². The number of aliphatic hydroxyl groups excluding tert-OH is 2.